The number of hydrogen-bond donors (Lipinski definition) is 2. The van der Waals surface area contributed by atoms with E-state index in [4.69, 9.17) is 5.84 Å². The zero-order valence-corrected chi connectivity index (χ0v) is 6.45. The van der Waals surface area contributed by atoms with Gasteiger partial charge in [0.05, 0.1) is 6.10 Å². The van der Waals surface area contributed by atoms with Crippen molar-refractivity contribution in [3.63, 3.8) is 0 Å². The van der Waals surface area contributed by atoms with Crippen molar-refractivity contribution in [3.8, 4) is 0 Å². The lowest BCUT2D eigenvalue weighted by atomic mass is 9.93. The summed E-state index contributed by atoms with van der Waals surface area (Å²) in [5, 5.41) is 11.2. The van der Waals surface area contributed by atoms with Crippen molar-refractivity contribution in [1.82, 2.24) is 5.01 Å². The zero-order chi connectivity index (χ0) is 7.56. The van der Waals surface area contributed by atoms with Gasteiger partial charge < -0.3 is 5.11 Å². The van der Waals surface area contributed by atoms with Crippen molar-refractivity contribution in [2.75, 3.05) is 13.1 Å². The van der Waals surface area contributed by atoms with Gasteiger partial charge in [-0.15, -0.1) is 0 Å². The Morgan fingerprint density at radius 3 is 2.90 bits per heavy atom. The van der Waals surface area contributed by atoms with Crippen LogP contribution in [0.1, 0.15) is 19.8 Å². The van der Waals surface area contributed by atoms with Crippen LogP contribution in [-0.4, -0.2) is 29.3 Å². The maximum absolute atomic E-state index is 9.40. The molecule has 0 radical (unpaired) electrons. The molecular formula is C7H16N2O. The Kier molecular flexibility index (Phi) is 2.65. The lowest BCUT2D eigenvalue weighted by Gasteiger charge is -2.32. The molecule has 10 heavy (non-hydrogen) atoms. The summed E-state index contributed by atoms with van der Waals surface area (Å²) in [7, 11) is 0. The van der Waals surface area contributed by atoms with Crippen molar-refractivity contribution in [3.05, 3.63) is 0 Å². The number of hydrazine groups is 1. The van der Waals surface area contributed by atoms with Crippen molar-refractivity contribution < 1.29 is 5.11 Å². The number of aliphatic hydroxyl groups is 1. The molecule has 0 bridgehead atoms. The lowest BCUT2D eigenvalue weighted by molar-refractivity contribution is 0.0250. The van der Waals surface area contributed by atoms with E-state index in [2.05, 4.69) is 6.92 Å². The SMILES string of the molecule is CCC1CN(N)CCC1O. The summed E-state index contributed by atoms with van der Waals surface area (Å²) < 4.78 is 0. The first-order chi connectivity index (χ1) is 4.74. The molecule has 2 unspecified atom stereocenters. The molecule has 60 valence electrons. The number of nitrogens with two attached hydrogens (primary N) is 1. The van der Waals surface area contributed by atoms with E-state index in [0.717, 1.165) is 25.9 Å². The summed E-state index contributed by atoms with van der Waals surface area (Å²) >= 11 is 0. The maximum atomic E-state index is 9.40. The van der Waals surface area contributed by atoms with Crippen molar-refractivity contribution in [1.29, 1.82) is 0 Å². The molecule has 0 spiro atoms. The summed E-state index contributed by atoms with van der Waals surface area (Å²) in [4.78, 5) is 0. The Balaban J connectivity index is 2.38. The number of rotatable bonds is 1. The van der Waals surface area contributed by atoms with Gasteiger partial charge >= 0.3 is 0 Å². The van der Waals surface area contributed by atoms with Crippen LogP contribution in [0.15, 0.2) is 0 Å². The highest BCUT2D eigenvalue weighted by Crippen LogP contribution is 2.17. The Labute approximate surface area is 61.8 Å². The zero-order valence-electron chi connectivity index (χ0n) is 6.45. The smallest absolute Gasteiger partial charge is 0.0593 e. The fraction of sp³-hybridized carbons (Fsp3) is 1.00. The summed E-state index contributed by atoms with van der Waals surface area (Å²) in [6, 6.07) is 0. The molecule has 1 fully saturated rings. The van der Waals surface area contributed by atoms with Gasteiger partial charge in [-0.25, -0.2) is 5.01 Å². The number of piperidine rings is 1. The second-order valence-electron chi connectivity index (χ2n) is 3.02. The van der Waals surface area contributed by atoms with Gasteiger partial charge in [0, 0.05) is 13.1 Å². The van der Waals surface area contributed by atoms with Gasteiger partial charge in [-0.1, -0.05) is 6.92 Å². The summed E-state index contributed by atoms with van der Waals surface area (Å²) in [5.74, 6) is 5.97. The van der Waals surface area contributed by atoms with Gasteiger partial charge in [0.2, 0.25) is 0 Å². The van der Waals surface area contributed by atoms with Crippen LogP contribution in [0.25, 0.3) is 0 Å². The van der Waals surface area contributed by atoms with Crippen LogP contribution in [0.2, 0.25) is 0 Å². The summed E-state index contributed by atoms with van der Waals surface area (Å²) in [6.07, 6.45) is 1.73. The Bertz CT molecular complexity index is 108. The second-order valence-corrected chi connectivity index (χ2v) is 3.02. The second kappa shape index (κ2) is 3.32. The Morgan fingerprint density at radius 2 is 2.40 bits per heavy atom. The molecule has 3 N–H and O–H groups in total. The molecule has 1 aliphatic heterocycles. The fourth-order valence-electron chi connectivity index (χ4n) is 1.45. The average molecular weight is 144 g/mol. The van der Waals surface area contributed by atoms with E-state index in [0.29, 0.717) is 5.92 Å². The van der Waals surface area contributed by atoms with Crippen LogP contribution in [-0.2, 0) is 0 Å². The summed E-state index contributed by atoms with van der Waals surface area (Å²) in [5.41, 5.74) is 0. The third-order valence-corrected chi connectivity index (χ3v) is 2.25. The first-order valence-corrected chi connectivity index (χ1v) is 3.91. The highest BCUT2D eigenvalue weighted by molar-refractivity contribution is 4.76. The first-order valence-electron chi connectivity index (χ1n) is 3.91. The van der Waals surface area contributed by atoms with Crippen LogP contribution in [0.5, 0.6) is 0 Å². The molecule has 0 aromatic rings. The Hall–Kier alpha value is -0.120. The largest absolute Gasteiger partial charge is 0.393 e. The molecule has 0 aromatic carbocycles. The first kappa shape index (κ1) is 7.98. The minimum absolute atomic E-state index is 0.121. The monoisotopic (exact) mass is 144 g/mol. The van der Waals surface area contributed by atoms with E-state index in [1.807, 2.05) is 0 Å². The lowest BCUT2D eigenvalue weighted by Crippen LogP contribution is -2.46. The van der Waals surface area contributed by atoms with Gasteiger partial charge in [-0.05, 0) is 18.8 Å². The molecule has 0 saturated carbocycles. The van der Waals surface area contributed by atoms with Crippen molar-refractivity contribution >= 4 is 0 Å². The van der Waals surface area contributed by atoms with E-state index in [1.54, 1.807) is 5.01 Å². The quantitative estimate of drug-likeness (QED) is 0.507. The highest BCUT2D eigenvalue weighted by atomic mass is 16.3. The molecule has 2 atom stereocenters. The van der Waals surface area contributed by atoms with E-state index in [-0.39, 0.29) is 6.10 Å². The number of nitrogens with zero attached hydrogens (tertiary/aromatic N) is 1. The van der Waals surface area contributed by atoms with Crippen LogP contribution in [0, 0.1) is 5.92 Å². The normalized spacial score (nSPS) is 36.3. The molecule has 1 heterocycles. The van der Waals surface area contributed by atoms with Gasteiger partial charge in [0.15, 0.2) is 0 Å². The molecule has 3 heteroatoms. The topological polar surface area (TPSA) is 49.5 Å². The molecular weight excluding hydrogens is 128 g/mol. The van der Waals surface area contributed by atoms with Crippen molar-refractivity contribution in [2.45, 2.75) is 25.9 Å². The van der Waals surface area contributed by atoms with Gasteiger partial charge in [-0.2, -0.15) is 0 Å². The van der Waals surface area contributed by atoms with Crippen LogP contribution >= 0.6 is 0 Å². The van der Waals surface area contributed by atoms with Gasteiger partial charge in [0.25, 0.3) is 0 Å². The number of aliphatic hydroxyl groups excluding tert-OH is 1. The van der Waals surface area contributed by atoms with Gasteiger partial charge in [-0.3, -0.25) is 5.84 Å². The molecule has 0 amide bonds. The molecule has 3 nitrogen and oxygen atoms in total. The van der Waals surface area contributed by atoms with E-state index in [1.165, 1.54) is 0 Å². The van der Waals surface area contributed by atoms with E-state index < -0.39 is 0 Å². The Morgan fingerprint density at radius 1 is 1.70 bits per heavy atom. The third-order valence-electron chi connectivity index (χ3n) is 2.25. The summed E-state index contributed by atoms with van der Waals surface area (Å²) in [6.45, 7) is 3.77. The predicted octanol–water partition coefficient (Wildman–Crippen LogP) is -0.0471. The number of hydrogen-bond acceptors (Lipinski definition) is 3. The van der Waals surface area contributed by atoms with E-state index in [9.17, 15) is 5.11 Å². The minimum atomic E-state index is -0.121. The van der Waals surface area contributed by atoms with Crippen molar-refractivity contribution in [2.24, 2.45) is 11.8 Å². The minimum Gasteiger partial charge on any atom is -0.393 e. The van der Waals surface area contributed by atoms with E-state index >= 15 is 0 Å². The van der Waals surface area contributed by atoms with Crippen LogP contribution in [0.4, 0.5) is 0 Å². The average Bonchev–Trinajstić information content (AvgIpc) is 1.94. The molecule has 1 saturated heterocycles. The third kappa shape index (κ3) is 1.68. The molecule has 1 rings (SSSR count). The highest BCUT2D eigenvalue weighted by Gasteiger charge is 2.24. The molecule has 1 aliphatic rings. The standard InChI is InChI=1S/C7H16N2O/c1-2-6-5-9(8)4-3-7(6)10/h6-7,10H,2-5,8H2,1H3. The molecule has 0 aliphatic carbocycles. The van der Waals surface area contributed by atoms with Crippen LogP contribution in [0.3, 0.4) is 0 Å². The van der Waals surface area contributed by atoms with Gasteiger partial charge in [0.1, 0.15) is 0 Å². The molecule has 0 aromatic heterocycles. The fourth-order valence-corrected chi connectivity index (χ4v) is 1.45. The van der Waals surface area contributed by atoms with Crippen LogP contribution < -0.4 is 5.84 Å². The maximum Gasteiger partial charge on any atom is 0.0593 e. The predicted molar refractivity (Wildman–Crippen MR) is 40.2 cm³/mol.